The van der Waals surface area contributed by atoms with Gasteiger partial charge in [-0.3, -0.25) is 4.99 Å². The van der Waals surface area contributed by atoms with Gasteiger partial charge in [-0.15, -0.1) is 0 Å². The van der Waals surface area contributed by atoms with Crippen LogP contribution in [0.4, 0.5) is 8.78 Å². The third kappa shape index (κ3) is 3.86. The van der Waals surface area contributed by atoms with Crippen LogP contribution in [-0.2, 0) is 6.42 Å². The molecule has 0 spiro atoms. The maximum atomic E-state index is 14.7. The van der Waals surface area contributed by atoms with Gasteiger partial charge in [0, 0.05) is 5.92 Å². The predicted octanol–water partition coefficient (Wildman–Crippen LogP) is 3.25. The molecule has 0 aromatic heterocycles. The molecule has 1 saturated carbocycles. The van der Waals surface area contributed by atoms with Gasteiger partial charge in [0.1, 0.15) is 12.0 Å². The summed E-state index contributed by atoms with van der Waals surface area (Å²) in [4.78, 5) is 4.55. The van der Waals surface area contributed by atoms with Crippen molar-refractivity contribution in [3.63, 3.8) is 0 Å². The summed E-state index contributed by atoms with van der Waals surface area (Å²) in [5, 5.41) is 19.5. The molecule has 1 aromatic rings. The van der Waals surface area contributed by atoms with Crippen molar-refractivity contribution < 1.29 is 18.8 Å². The lowest BCUT2D eigenvalue weighted by Crippen LogP contribution is -2.33. The molecular weight excluding hydrogens is 311 g/mol. The zero-order valence-corrected chi connectivity index (χ0v) is 13.8. The molecule has 3 atom stereocenters. The molecule has 3 rings (SSSR count). The SMILES string of the molecule is OB(O)C1=NC([C@H]2CCCCCC[C@H]2F)CCc2cc(F)ccc21. The molecule has 0 radical (unpaired) electrons. The Kier molecular flexibility index (Phi) is 5.67. The molecule has 0 bridgehead atoms. The summed E-state index contributed by atoms with van der Waals surface area (Å²) in [5.41, 5.74) is 1.42. The fourth-order valence-corrected chi connectivity index (χ4v) is 4.05. The number of benzene rings is 1. The van der Waals surface area contributed by atoms with Gasteiger partial charge in [-0.05, 0) is 48.9 Å². The van der Waals surface area contributed by atoms with Crippen LogP contribution in [0.5, 0.6) is 0 Å². The van der Waals surface area contributed by atoms with E-state index in [1.165, 1.54) is 18.2 Å². The van der Waals surface area contributed by atoms with Crippen LogP contribution in [-0.4, -0.2) is 35.0 Å². The van der Waals surface area contributed by atoms with E-state index in [9.17, 15) is 18.8 Å². The van der Waals surface area contributed by atoms with Crippen LogP contribution in [0.15, 0.2) is 23.2 Å². The van der Waals surface area contributed by atoms with Gasteiger partial charge in [-0.2, -0.15) is 0 Å². The largest absolute Gasteiger partial charge is 0.508 e. The van der Waals surface area contributed by atoms with Crippen molar-refractivity contribution in [2.75, 3.05) is 0 Å². The van der Waals surface area contributed by atoms with E-state index in [4.69, 9.17) is 0 Å². The summed E-state index contributed by atoms with van der Waals surface area (Å²) >= 11 is 0. The van der Waals surface area contributed by atoms with Crippen LogP contribution in [0.25, 0.3) is 0 Å². The number of halogens is 2. The monoisotopic (exact) mass is 335 g/mol. The number of fused-ring (bicyclic) bond motifs is 1. The molecule has 1 heterocycles. The number of aryl methyl sites for hydroxylation is 1. The minimum Gasteiger partial charge on any atom is -0.422 e. The first-order valence-electron chi connectivity index (χ1n) is 8.93. The van der Waals surface area contributed by atoms with Crippen molar-refractivity contribution in [1.29, 1.82) is 0 Å². The maximum absolute atomic E-state index is 14.7. The number of aliphatic imine (C=N–C) groups is 1. The lowest BCUT2D eigenvalue weighted by atomic mass is 9.77. The molecule has 0 saturated heterocycles. The number of nitrogens with zero attached hydrogens (tertiary/aromatic N) is 1. The molecule has 1 unspecified atom stereocenters. The molecule has 1 aliphatic carbocycles. The van der Waals surface area contributed by atoms with Gasteiger partial charge in [0.25, 0.3) is 0 Å². The average molecular weight is 335 g/mol. The second-order valence-corrected chi connectivity index (χ2v) is 6.97. The van der Waals surface area contributed by atoms with E-state index < -0.39 is 13.3 Å². The van der Waals surface area contributed by atoms with Crippen molar-refractivity contribution in [1.82, 2.24) is 0 Å². The highest BCUT2D eigenvalue weighted by atomic mass is 19.1. The molecule has 1 aromatic carbocycles. The van der Waals surface area contributed by atoms with E-state index >= 15 is 0 Å². The van der Waals surface area contributed by atoms with Gasteiger partial charge in [0.15, 0.2) is 0 Å². The highest BCUT2D eigenvalue weighted by molar-refractivity contribution is 6.83. The number of rotatable bonds is 2. The first kappa shape index (κ1) is 17.6. The van der Waals surface area contributed by atoms with Crippen LogP contribution in [0.3, 0.4) is 0 Å². The molecule has 2 aliphatic rings. The van der Waals surface area contributed by atoms with Crippen LogP contribution in [0.1, 0.15) is 56.1 Å². The quantitative estimate of drug-likeness (QED) is 0.815. The van der Waals surface area contributed by atoms with Gasteiger partial charge < -0.3 is 10.0 Å². The highest BCUT2D eigenvalue weighted by Gasteiger charge is 2.34. The van der Waals surface area contributed by atoms with E-state index in [1.807, 2.05) is 0 Å². The standard InChI is InChI=1S/C18H24BF2NO2/c20-13-8-9-14-12(11-13)7-10-17(22-18(14)19(23)24)15-5-3-1-2-4-6-16(15)21/h8-9,11,15-17,23-24H,1-7,10H2/t15-,16+,17?/m0/s1. The highest BCUT2D eigenvalue weighted by Crippen LogP contribution is 2.33. The summed E-state index contributed by atoms with van der Waals surface area (Å²) < 4.78 is 28.2. The summed E-state index contributed by atoms with van der Waals surface area (Å²) in [6.07, 6.45) is 5.66. The Hall–Kier alpha value is -1.27. The normalized spacial score (nSPS) is 28.2. The predicted molar refractivity (Wildman–Crippen MR) is 91.3 cm³/mol. The van der Waals surface area contributed by atoms with Crippen LogP contribution in [0, 0.1) is 11.7 Å². The van der Waals surface area contributed by atoms with Gasteiger partial charge in [-0.1, -0.05) is 31.7 Å². The molecule has 130 valence electrons. The second kappa shape index (κ2) is 7.75. The summed E-state index contributed by atoms with van der Waals surface area (Å²) in [5.74, 6) is -0.550. The first-order valence-corrected chi connectivity index (χ1v) is 8.93. The Bertz CT molecular complexity index is 609. The minimum absolute atomic E-state index is 0.141. The van der Waals surface area contributed by atoms with Gasteiger partial charge in [-0.25, -0.2) is 8.78 Å². The Morgan fingerprint density at radius 3 is 2.54 bits per heavy atom. The van der Waals surface area contributed by atoms with Crippen molar-refractivity contribution in [2.24, 2.45) is 10.9 Å². The van der Waals surface area contributed by atoms with Crippen molar-refractivity contribution in [2.45, 2.75) is 63.6 Å². The number of hydrogen-bond acceptors (Lipinski definition) is 3. The van der Waals surface area contributed by atoms with Crippen LogP contribution >= 0.6 is 0 Å². The molecule has 1 fully saturated rings. The lowest BCUT2D eigenvalue weighted by molar-refractivity contribution is 0.158. The molecule has 1 aliphatic heterocycles. The van der Waals surface area contributed by atoms with Crippen molar-refractivity contribution in [3.05, 3.63) is 35.1 Å². The first-order chi connectivity index (χ1) is 11.6. The smallest absolute Gasteiger partial charge is 0.422 e. The zero-order chi connectivity index (χ0) is 17.1. The molecule has 6 heteroatoms. The Morgan fingerprint density at radius 2 is 1.79 bits per heavy atom. The van der Waals surface area contributed by atoms with E-state index in [2.05, 4.69) is 4.99 Å². The Morgan fingerprint density at radius 1 is 1.04 bits per heavy atom. The fourth-order valence-electron chi connectivity index (χ4n) is 4.05. The zero-order valence-electron chi connectivity index (χ0n) is 13.8. The fraction of sp³-hybridized carbons (Fsp3) is 0.611. The van der Waals surface area contributed by atoms with E-state index in [0.29, 0.717) is 30.4 Å². The van der Waals surface area contributed by atoms with E-state index in [-0.39, 0.29) is 23.4 Å². The van der Waals surface area contributed by atoms with Gasteiger partial charge >= 0.3 is 7.12 Å². The molecule has 24 heavy (non-hydrogen) atoms. The van der Waals surface area contributed by atoms with E-state index in [1.54, 1.807) is 0 Å². The molecule has 3 nitrogen and oxygen atoms in total. The molecule has 0 amide bonds. The van der Waals surface area contributed by atoms with Crippen molar-refractivity contribution in [3.8, 4) is 0 Å². The summed E-state index contributed by atoms with van der Waals surface area (Å²) in [7, 11) is -1.73. The number of alkyl halides is 1. The van der Waals surface area contributed by atoms with Gasteiger partial charge in [0.05, 0.1) is 11.7 Å². The van der Waals surface area contributed by atoms with Gasteiger partial charge in [0.2, 0.25) is 0 Å². The van der Waals surface area contributed by atoms with Crippen LogP contribution < -0.4 is 0 Å². The second-order valence-electron chi connectivity index (χ2n) is 6.97. The third-order valence-electron chi connectivity index (χ3n) is 5.33. The third-order valence-corrected chi connectivity index (χ3v) is 5.33. The van der Waals surface area contributed by atoms with Crippen LogP contribution in [0.2, 0.25) is 0 Å². The average Bonchev–Trinajstić information content (AvgIpc) is 2.71. The van der Waals surface area contributed by atoms with Crippen molar-refractivity contribution >= 4 is 12.7 Å². The maximum Gasteiger partial charge on any atom is 0.508 e. The van der Waals surface area contributed by atoms with E-state index in [0.717, 1.165) is 32.1 Å². The topological polar surface area (TPSA) is 52.8 Å². The Labute approximate surface area is 142 Å². The summed E-state index contributed by atoms with van der Waals surface area (Å²) in [6.45, 7) is 0. The molecule has 2 N–H and O–H groups in total. The number of hydrogen-bond donors (Lipinski definition) is 2. The molecular formula is C18H24BF2NO2. The Balaban J connectivity index is 1.92. The minimum atomic E-state index is -1.73. The lowest BCUT2D eigenvalue weighted by Gasteiger charge is -2.29. The summed E-state index contributed by atoms with van der Waals surface area (Å²) in [6, 6.07) is 3.97.